The second-order valence-corrected chi connectivity index (χ2v) is 9.98. The minimum Gasteiger partial charge on any atom is -0.469 e. The molecule has 0 bridgehead atoms. The zero-order chi connectivity index (χ0) is 23.6. The number of alkyl halides is 1. The van der Waals surface area contributed by atoms with Gasteiger partial charge in [0.1, 0.15) is 12.3 Å². The van der Waals surface area contributed by atoms with Gasteiger partial charge in [-0.15, -0.1) is 0 Å². The molecule has 5 nitrogen and oxygen atoms in total. The van der Waals surface area contributed by atoms with E-state index in [1.807, 2.05) is 13.0 Å². The first-order chi connectivity index (χ1) is 16.0. The maximum Gasteiger partial charge on any atom is 0.305 e. The van der Waals surface area contributed by atoms with Crippen molar-refractivity contribution >= 4 is 5.97 Å². The van der Waals surface area contributed by atoms with Crippen LogP contribution in [-0.4, -0.2) is 49.5 Å². The van der Waals surface area contributed by atoms with E-state index in [9.17, 15) is 14.3 Å². The molecule has 3 rings (SSSR count). The predicted molar refractivity (Wildman–Crippen MR) is 126 cm³/mol. The molecule has 0 aromatic rings. The van der Waals surface area contributed by atoms with Crippen molar-refractivity contribution in [3.05, 3.63) is 23.8 Å². The molecule has 0 spiro atoms. The van der Waals surface area contributed by atoms with Gasteiger partial charge in [-0.25, -0.2) is 4.39 Å². The molecule has 7 atom stereocenters. The second-order valence-electron chi connectivity index (χ2n) is 9.98. The number of hydrogen-bond donors (Lipinski definition) is 1. The van der Waals surface area contributed by atoms with E-state index in [2.05, 4.69) is 6.08 Å². The van der Waals surface area contributed by atoms with Crippen molar-refractivity contribution in [3.8, 4) is 0 Å². The van der Waals surface area contributed by atoms with Crippen LogP contribution >= 0.6 is 0 Å². The molecule has 188 valence electrons. The lowest BCUT2D eigenvalue weighted by Gasteiger charge is -2.29. The zero-order valence-electron chi connectivity index (χ0n) is 20.4. The van der Waals surface area contributed by atoms with Gasteiger partial charge in [-0.1, -0.05) is 43.6 Å². The quantitative estimate of drug-likeness (QED) is 0.228. The summed E-state index contributed by atoms with van der Waals surface area (Å²) in [4.78, 5) is 11.3. The van der Waals surface area contributed by atoms with Crippen molar-refractivity contribution in [1.82, 2.24) is 0 Å². The van der Waals surface area contributed by atoms with E-state index in [-0.39, 0.29) is 24.3 Å². The molecule has 1 aliphatic heterocycles. The molecule has 3 fully saturated rings. The summed E-state index contributed by atoms with van der Waals surface area (Å²) in [7, 11) is 1.43. The van der Waals surface area contributed by atoms with E-state index in [0.29, 0.717) is 24.7 Å². The number of aliphatic hydroxyl groups is 1. The normalized spacial score (nSPS) is 32.8. The highest BCUT2D eigenvalue weighted by Crippen LogP contribution is 2.52. The number of unbranched alkanes of at least 4 members (excludes halogenated alkanes) is 2. The molecule has 3 unspecified atom stereocenters. The zero-order valence-corrected chi connectivity index (χ0v) is 20.4. The van der Waals surface area contributed by atoms with Crippen LogP contribution in [-0.2, 0) is 19.0 Å². The number of ether oxygens (including phenoxy) is 3. The van der Waals surface area contributed by atoms with Gasteiger partial charge in [0.2, 0.25) is 0 Å². The van der Waals surface area contributed by atoms with Crippen LogP contribution in [0, 0.1) is 17.8 Å². The summed E-state index contributed by atoms with van der Waals surface area (Å²) in [6.45, 7) is 2.78. The molecule has 1 N–H and O–H groups in total. The summed E-state index contributed by atoms with van der Waals surface area (Å²) in [6, 6.07) is 0. The summed E-state index contributed by atoms with van der Waals surface area (Å²) in [5.74, 6) is 0.992. The second kappa shape index (κ2) is 13.6. The number of methoxy groups -OCH3 is 1. The molecular formula is C27H43FO5. The molecule has 0 aromatic carbocycles. The molecule has 1 heterocycles. The number of rotatable bonds is 12. The molecule has 1 saturated heterocycles. The highest BCUT2D eigenvalue weighted by atomic mass is 19.1. The maximum atomic E-state index is 14.3. The monoisotopic (exact) mass is 466 g/mol. The highest BCUT2D eigenvalue weighted by molar-refractivity contribution is 5.69. The lowest BCUT2D eigenvalue weighted by molar-refractivity contribution is -0.193. The number of carbonyl (C=O) groups excluding carboxylic acids is 1. The van der Waals surface area contributed by atoms with Crippen molar-refractivity contribution in [2.24, 2.45) is 17.8 Å². The summed E-state index contributed by atoms with van der Waals surface area (Å²) in [5.41, 5.74) is 1.45. The number of esters is 1. The van der Waals surface area contributed by atoms with Crippen LogP contribution in [0.1, 0.15) is 84.0 Å². The Morgan fingerprint density at radius 2 is 2.15 bits per heavy atom. The third-order valence-corrected chi connectivity index (χ3v) is 7.53. The van der Waals surface area contributed by atoms with Gasteiger partial charge >= 0.3 is 5.97 Å². The lowest BCUT2D eigenvalue weighted by atomic mass is 9.90. The third-order valence-electron chi connectivity index (χ3n) is 7.53. The van der Waals surface area contributed by atoms with Crippen LogP contribution in [0.5, 0.6) is 0 Å². The van der Waals surface area contributed by atoms with Crippen molar-refractivity contribution in [3.63, 3.8) is 0 Å². The first-order valence-corrected chi connectivity index (χ1v) is 13.0. The average molecular weight is 467 g/mol. The topological polar surface area (TPSA) is 65.0 Å². The Morgan fingerprint density at radius 3 is 2.88 bits per heavy atom. The van der Waals surface area contributed by atoms with Crippen LogP contribution in [0.15, 0.2) is 23.8 Å². The smallest absolute Gasteiger partial charge is 0.305 e. The maximum absolute atomic E-state index is 14.3. The first-order valence-electron chi connectivity index (χ1n) is 13.0. The van der Waals surface area contributed by atoms with Gasteiger partial charge in [0.15, 0.2) is 6.29 Å². The summed E-state index contributed by atoms with van der Waals surface area (Å²) < 4.78 is 31.3. The van der Waals surface area contributed by atoms with Gasteiger partial charge < -0.3 is 19.3 Å². The van der Waals surface area contributed by atoms with E-state index in [4.69, 9.17) is 14.2 Å². The molecule has 0 aromatic heterocycles. The van der Waals surface area contributed by atoms with Crippen LogP contribution in [0.2, 0.25) is 0 Å². The molecule has 6 heteroatoms. The number of halogens is 1. The van der Waals surface area contributed by atoms with E-state index >= 15 is 0 Å². The Bertz CT molecular complexity index is 657. The molecule has 2 aliphatic carbocycles. The van der Waals surface area contributed by atoms with Gasteiger partial charge in [0.25, 0.3) is 0 Å². The molecule has 2 saturated carbocycles. The van der Waals surface area contributed by atoms with Crippen molar-refractivity contribution in [2.75, 3.05) is 13.7 Å². The summed E-state index contributed by atoms with van der Waals surface area (Å²) in [6.07, 6.45) is 14.1. The Labute approximate surface area is 198 Å². The highest BCUT2D eigenvalue weighted by Gasteiger charge is 2.47. The number of aliphatic hydroxyl groups excluding tert-OH is 1. The first kappa shape index (κ1) is 26.4. The third kappa shape index (κ3) is 7.90. The SMILES string of the molecule is CCCCC(F)C(O)/C=C/[C@H]1[C@H]2C/C(=C/CCCC(=O)OC)C[C@H]2C[C@H]1OC1CCCCO1. The predicted octanol–water partition coefficient (Wildman–Crippen LogP) is 5.66. The Morgan fingerprint density at radius 1 is 1.30 bits per heavy atom. The minimum atomic E-state index is -1.21. The summed E-state index contributed by atoms with van der Waals surface area (Å²) >= 11 is 0. The fourth-order valence-corrected chi connectivity index (χ4v) is 5.66. The van der Waals surface area contributed by atoms with E-state index < -0.39 is 12.3 Å². The van der Waals surface area contributed by atoms with Crippen molar-refractivity contribution < 1.29 is 28.5 Å². The minimum absolute atomic E-state index is 0.0566. The fourth-order valence-electron chi connectivity index (χ4n) is 5.66. The molecule has 33 heavy (non-hydrogen) atoms. The number of fused-ring (bicyclic) bond motifs is 1. The molecule has 0 amide bonds. The van der Waals surface area contributed by atoms with E-state index in [1.54, 1.807) is 6.08 Å². The Kier molecular flexibility index (Phi) is 10.9. The Balaban J connectivity index is 1.61. The van der Waals surface area contributed by atoms with Gasteiger partial charge in [0, 0.05) is 18.9 Å². The standard InChI is InChI=1S/C27H43FO5/c1-3-4-10-23(28)24(29)14-13-21-22-17-19(9-5-6-11-26(30)31-2)16-20(22)18-25(21)33-27-12-7-8-15-32-27/h9,13-14,20-25,27,29H,3-8,10-12,15-18H2,1-2H3/b14-13+,19-9+/t20-,21-,22-,23?,24?,25+,27?/m0/s1. The van der Waals surface area contributed by atoms with Gasteiger partial charge in [-0.05, 0) is 69.6 Å². The largest absolute Gasteiger partial charge is 0.469 e. The van der Waals surface area contributed by atoms with Crippen LogP contribution in [0.25, 0.3) is 0 Å². The van der Waals surface area contributed by atoms with Crippen LogP contribution < -0.4 is 0 Å². The van der Waals surface area contributed by atoms with Gasteiger partial charge in [0.05, 0.1) is 13.2 Å². The van der Waals surface area contributed by atoms with Crippen LogP contribution in [0.3, 0.4) is 0 Å². The van der Waals surface area contributed by atoms with E-state index in [0.717, 1.165) is 70.8 Å². The van der Waals surface area contributed by atoms with Crippen molar-refractivity contribution in [2.45, 2.75) is 109 Å². The van der Waals surface area contributed by atoms with Gasteiger partial charge in [-0.2, -0.15) is 0 Å². The van der Waals surface area contributed by atoms with Gasteiger partial charge in [-0.3, -0.25) is 4.79 Å². The Hall–Kier alpha value is -1.24. The number of hydrogen-bond acceptors (Lipinski definition) is 5. The number of carbonyl (C=O) groups is 1. The van der Waals surface area contributed by atoms with Crippen LogP contribution in [0.4, 0.5) is 4.39 Å². The number of allylic oxidation sites excluding steroid dienone is 2. The summed E-state index contributed by atoms with van der Waals surface area (Å²) in [5, 5.41) is 10.3. The lowest BCUT2D eigenvalue weighted by Crippen LogP contribution is -2.31. The molecule has 0 radical (unpaired) electrons. The molecule has 3 aliphatic rings. The van der Waals surface area contributed by atoms with Crippen molar-refractivity contribution in [1.29, 1.82) is 0 Å². The van der Waals surface area contributed by atoms with E-state index in [1.165, 1.54) is 12.7 Å². The average Bonchev–Trinajstić information content (AvgIpc) is 3.36. The fraction of sp³-hybridized carbons (Fsp3) is 0.815. The molecular weight excluding hydrogens is 423 g/mol.